The highest BCUT2D eigenvalue weighted by molar-refractivity contribution is 7.92. The van der Waals surface area contributed by atoms with E-state index in [0.717, 1.165) is 6.42 Å². The van der Waals surface area contributed by atoms with Crippen LogP contribution >= 0.6 is 0 Å². The van der Waals surface area contributed by atoms with Crippen molar-refractivity contribution in [2.24, 2.45) is 5.92 Å². The maximum absolute atomic E-state index is 12.0. The molecule has 0 aromatic carbocycles. The van der Waals surface area contributed by atoms with Crippen LogP contribution in [-0.2, 0) is 14.6 Å². The maximum atomic E-state index is 12.0. The van der Waals surface area contributed by atoms with E-state index in [9.17, 15) is 13.2 Å². The topological polar surface area (TPSA) is 66.5 Å². The second kappa shape index (κ2) is 4.57. The number of carbonyl (C=O) groups excluding carboxylic acids is 1. The minimum absolute atomic E-state index is 0.0436. The van der Waals surface area contributed by atoms with E-state index in [1.165, 1.54) is 0 Å². The Morgan fingerprint density at radius 1 is 1.47 bits per heavy atom. The van der Waals surface area contributed by atoms with Crippen LogP contribution in [0.5, 0.6) is 0 Å². The summed E-state index contributed by atoms with van der Waals surface area (Å²) in [4.78, 5) is 13.7. The molecule has 2 fully saturated rings. The Morgan fingerprint density at radius 2 is 2.18 bits per heavy atom. The summed E-state index contributed by atoms with van der Waals surface area (Å²) in [6.45, 7) is 4.82. The molecule has 0 aromatic rings. The van der Waals surface area contributed by atoms with Crippen LogP contribution in [0.1, 0.15) is 26.7 Å². The third kappa shape index (κ3) is 2.47. The molecule has 6 heteroatoms. The van der Waals surface area contributed by atoms with E-state index in [0.29, 0.717) is 19.6 Å². The second-order valence-corrected chi connectivity index (χ2v) is 7.68. The van der Waals surface area contributed by atoms with Gasteiger partial charge >= 0.3 is 0 Å². The number of hydrogen-bond acceptors (Lipinski definition) is 4. The normalized spacial score (nSPS) is 32.6. The molecular formula is C11H20N2O3S. The van der Waals surface area contributed by atoms with E-state index in [2.05, 4.69) is 5.32 Å². The lowest BCUT2D eigenvalue weighted by Gasteiger charge is -2.20. The highest BCUT2D eigenvalue weighted by Gasteiger charge is 2.38. The van der Waals surface area contributed by atoms with Crippen molar-refractivity contribution in [3.63, 3.8) is 0 Å². The molecule has 0 aliphatic carbocycles. The van der Waals surface area contributed by atoms with Gasteiger partial charge in [0.2, 0.25) is 5.91 Å². The fourth-order valence-corrected chi connectivity index (χ4v) is 4.39. The molecular weight excluding hydrogens is 240 g/mol. The number of nitrogens with zero attached hydrogens (tertiary/aromatic N) is 1. The summed E-state index contributed by atoms with van der Waals surface area (Å²) in [5, 5.41) is 2.79. The largest absolute Gasteiger partial charge is 0.327 e. The molecule has 2 rings (SSSR count). The first-order chi connectivity index (χ1) is 7.92. The molecule has 0 radical (unpaired) electrons. The van der Waals surface area contributed by atoms with Crippen LogP contribution in [0, 0.1) is 5.92 Å². The molecule has 98 valence electrons. The van der Waals surface area contributed by atoms with Gasteiger partial charge in [-0.1, -0.05) is 13.8 Å². The third-order valence-electron chi connectivity index (χ3n) is 3.63. The van der Waals surface area contributed by atoms with E-state index in [-0.39, 0.29) is 28.9 Å². The fourth-order valence-electron chi connectivity index (χ4n) is 2.55. The van der Waals surface area contributed by atoms with Crippen LogP contribution in [0.15, 0.2) is 0 Å². The van der Waals surface area contributed by atoms with Crippen LogP contribution in [0.2, 0.25) is 0 Å². The molecule has 0 spiro atoms. The fraction of sp³-hybridized carbons (Fsp3) is 0.909. The molecule has 1 amide bonds. The van der Waals surface area contributed by atoms with Crippen molar-refractivity contribution < 1.29 is 13.2 Å². The Balaban J connectivity index is 2.00. The maximum Gasteiger partial charge on any atom is 0.241 e. The Bertz CT molecular complexity index is 405. The highest BCUT2D eigenvalue weighted by atomic mass is 32.2. The number of rotatable bonds is 3. The molecule has 2 atom stereocenters. The first kappa shape index (κ1) is 12.8. The van der Waals surface area contributed by atoms with E-state index < -0.39 is 9.84 Å². The van der Waals surface area contributed by atoms with E-state index in [1.807, 2.05) is 13.8 Å². The first-order valence-corrected chi connectivity index (χ1v) is 7.87. The monoisotopic (exact) mass is 260 g/mol. The van der Waals surface area contributed by atoms with Crippen molar-refractivity contribution in [1.29, 1.82) is 0 Å². The van der Waals surface area contributed by atoms with Crippen molar-refractivity contribution in [3.05, 3.63) is 0 Å². The van der Waals surface area contributed by atoms with Crippen molar-refractivity contribution in [2.75, 3.05) is 19.0 Å². The van der Waals surface area contributed by atoms with Crippen molar-refractivity contribution in [3.8, 4) is 0 Å². The van der Waals surface area contributed by atoms with Gasteiger partial charge in [0.15, 0.2) is 9.84 Å². The van der Waals surface area contributed by atoms with Gasteiger partial charge in [0.1, 0.15) is 0 Å². The Hall–Kier alpha value is -0.620. The average molecular weight is 260 g/mol. The summed E-state index contributed by atoms with van der Waals surface area (Å²) in [6, 6.07) is -0.154. The summed E-state index contributed by atoms with van der Waals surface area (Å²) < 4.78 is 23.4. The molecule has 0 saturated carbocycles. The molecule has 2 aliphatic rings. The number of amides is 1. The van der Waals surface area contributed by atoms with Crippen LogP contribution in [0.3, 0.4) is 0 Å². The summed E-state index contributed by atoms with van der Waals surface area (Å²) >= 11 is 0. The summed E-state index contributed by atoms with van der Waals surface area (Å²) in [5.41, 5.74) is 0. The van der Waals surface area contributed by atoms with Crippen molar-refractivity contribution >= 4 is 15.7 Å². The molecule has 2 saturated heterocycles. The van der Waals surface area contributed by atoms with Crippen molar-refractivity contribution in [2.45, 2.75) is 38.0 Å². The Labute approximate surface area is 102 Å². The second-order valence-electron chi connectivity index (χ2n) is 5.28. The van der Waals surface area contributed by atoms with Crippen LogP contribution in [-0.4, -0.2) is 49.5 Å². The van der Waals surface area contributed by atoms with Gasteiger partial charge in [0, 0.05) is 6.54 Å². The van der Waals surface area contributed by atoms with Crippen LogP contribution < -0.4 is 5.32 Å². The number of carbonyl (C=O) groups is 1. The van der Waals surface area contributed by atoms with Gasteiger partial charge in [-0.15, -0.1) is 0 Å². The lowest BCUT2D eigenvalue weighted by atomic mass is 10.1. The molecule has 1 N–H and O–H groups in total. The summed E-state index contributed by atoms with van der Waals surface area (Å²) in [7, 11) is -2.96. The Kier molecular flexibility index (Phi) is 3.45. The standard InChI is InChI=1S/C11H20N2O3S/c1-8(2)10-11(14)13(7-12-10)6-9-4-3-5-17(9,15)16/h8-10,12H,3-7H2,1-2H3. The zero-order chi connectivity index (χ0) is 12.6. The molecule has 2 unspecified atom stereocenters. The minimum Gasteiger partial charge on any atom is -0.327 e. The van der Waals surface area contributed by atoms with Crippen LogP contribution in [0.4, 0.5) is 0 Å². The Morgan fingerprint density at radius 3 is 2.65 bits per heavy atom. The smallest absolute Gasteiger partial charge is 0.241 e. The molecule has 5 nitrogen and oxygen atoms in total. The van der Waals surface area contributed by atoms with E-state index >= 15 is 0 Å². The van der Waals surface area contributed by atoms with Gasteiger partial charge in [-0.05, 0) is 18.8 Å². The highest BCUT2D eigenvalue weighted by Crippen LogP contribution is 2.22. The van der Waals surface area contributed by atoms with Gasteiger partial charge in [-0.3, -0.25) is 10.1 Å². The molecule has 0 bridgehead atoms. The van der Waals surface area contributed by atoms with Gasteiger partial charge < -0.3 is 4.90 Å². The van der Waals surface area contributed by atoms with Crippen molar-refractivity contribution in [1.82, 2.24) is 10.2 Å². The molecule has 0 aromatic heterocycles. The predicted molar refractivity (Wildman–Crippen MR) is 65.2 cm³/mol. The predicted octanol–water partition coefficient (Wildman–Crippen LogP) is -0.0225. The van der Waals surface area contributed by atoms with Gasteiger partial charge in [-0.2, -0.15) is 0 Å². The third-order valence-corrected chi connectivity index (χ3v) is 5.89. The quantitative estimate of drug-likeness (QED) is 0.774. The van der Waals surface area contributed by atoms with E-state index in [4.69, 9.17) is 0 Å². The molecule has 2 heterocycles. The van der Waals surface area contributed by atoms with Gasteiger partial charge in [0.05, 0.1) is 23.7 Å². The van der Waals surface area contributed by atoms with Gasteiger partial charge in [-0.25, -0.2) is 8.42 Å². The molecule has 17 heavy (non-hydrogen) atoms. The zero-order valence-corrected chi connectivity index (χ0v) is 11.2. The minimum atomic E-state index is -2.96. The number of sulfone groups is 1. The molecule has 2 aliphatic heterocycles. The lowest BCUT2D eigenvalue weighted by molar-refractivity contribution is -0.129. The summed E-state index contributed by atoms with van der Waals surface area (Å²) in [6.07, 6.45) is 1.43. The average Bonchev–Trinajstić information content (AvgIpc) is 2.73. The van der Waals surface area contributed by atoms with Crippen LogP contribution in [0.25, 0.3) is 0 Å². The SMILES string of the molecule is CC(C)C1NCN(CC2CCCS2(=O)=O)C1=O. The summed E-state index contributed by atoms with van der Waals surface area (Å²) in [5.74, 6) is 0.565. The first-order valence-electron chi connectivity index (χ1n) is 6.15. The van der Waals surface area contributed by atoms with Gasteiger partial charge in [0.25, 0.3) is 0 Å². The number of nitrogens with one attached hydrogen (secondary N) is 1. The lowest BCUT2D eigenvalue weighted by Crippen LogP contribution is -2.39. The number of hydrogen-bond donors (Lipinski definition) is 1. The van der Waals surface area contributed by atoms with E-state index in [1.54, 1.807) is 4.90 Å². The zero-order valence-electron chi connectivity index (χ0n) is 10.3.